The molecule has 0 aliphatic carbocycles. The van der Waals surface area contributed by atoms with Gasteiger partial charge in [0.2, 0.25) is 0 Å². The highest BCUT2D eigenvalue weighted by Crippen LogP contribution is 2.43. The van der Waals surface area contributed by atoms with Gasteiger partial charge in [-0.25, -0.2) is 15.0 Å². The maximum absolute atomic E-state index is 6.62. The highest BCUT2D eigenvalue weighted by atomic mass is 32.1. The Morgan fingerprint density at radius 1 is 0.435 bits per heavy atom. The summed E-state index contributed by atoms with van der Waals surface area (Å²) in [5.41, 5.74) is 4.44. The van der Waals surface area contributed by atoms with Crippen molar-refractivity contribution in [3.8, 4) is 34.2 Å². The number of hydrogen-bond donors (Lipinski definition) is 0. The number of nitrogens with zero attached hydrogens (tertiary/aromatic N) is 3. The standard InChI is InChI=1S/C41H23N3OS/c1-3-14-26-24(11-1)13-9-18-29(26)39-42-40(31-19-10-22-35-36(31)30-17-6-8-21-34(30)46-35)44-41(43-39)37-27-15-4-2-12-25(27)23-32-28-16-5-7-20-33(28)45-38(32)37/h1-23H. The van der Waals surface area contributed by atoms with Crippen molar-refractivity contribution in [3.05, 3.63) is 140 Å². The Labute approximate surface area is 267 Å². The molecule has 3 aromatic heterocycles. The van der Waals surface area contributed by atoms with E-state index in [2.05, 4.69) is 127 Å². The monoisotopic (exact) mass is 605 g/mol. The van der Waals surface area contributed by atoms with E-state index in [-0.39, 0.29) is 0 Å². The van der Waals surface area contributed by atoms with Crippen molar-refractivity contribution in [2.45, 2.75) is 0 Å². The van der Waals surface area contributed by atoms with E-state index in [4.69, 9.17) is 19.4 Å². The van der Waals surface area contributed by atoms with Gasteiger partial charge in [-0.05, 0) is 45.8 Å². The number of rotatable bonds is 3. The van der Waals surface area contributed by atoms with Crippen LogP contribution in [-0.2, 0) is 0 Å². The first-order valence-corrected chi connectivity index (χ1v) is 16.1. The molecule has 5 heteroatoms. The van der Waals surface area contributed by atoms with Crippen LogP contribution in [0.5, 0.6) is 0 Å². The molecule has 0 aliphatic heterocycles. The summed E-state index contributed by atoms with van der Waals surface area (Å²) in [6.45, 7) is 0. The summed E-state index contributed by atoms with van der Waals surface area (Å²) in [4.78, 5) is 15.8. The number of furan rings is 1. The van der Waals surface area contributed by atoms with Crippen molar-refractivity contribution < 1.29 is 4.42 Å². The number of aromatic nitrogens is 3. The third-order valence-corrected chi connectivity index (χ3v) is 10.1. The third kappa shape index (κ3) is 3.76. The second-order valence-corrected chi connectivity index (χ2v) is 12.6. The molecule has 0 atom stereocenters. The van der Waals surface area contributed by atoms with E-state index in [9.17, 15) is 0 Å². The van der Waals surface area contributed by atoms with Crippen LogP contribution in [0.2, 0.25) is 0 Å². The lowest BCUT2D eigenvalue weighted by atomic mass is 9.99. The minimum absolute atomic E-state index is 0.588. The molecule has 0 aliphatic rings. The van der Waals surface area contributed by atoms with Gasteiger partial charge >= 0.3 is 0 Å². The molecule has 0 saturated carbocycles. The van der Waals surface area contributed by atoms with Crippen LogP contribution in [0.4, 0.5) is 0 Å². The lowest BCUT2D eigenvalue weighted by Crippen LogP contribution is -2.01. The topological polar surface area (TPSA) is 51.8 Å². The highest BCUT2D eigenvalue weighted by Gasteiger charge is 2.22. The smallest absolute Gasteiger partial charge is 0.168 e. The van der Waals surface area contributed by atoms with Crippen molar-refractivity contribution in [3.63, 3.8) is 0 Å². The van der Waals surface area contributed by atoms with Crippen molar-refractivity contribution in [1.82, 2.24) is 15.0 Å². The first-order chi connectivity index (χ1) is 22.8. The van der Waals surface area contributed by atoms with Gasteiger partial charge in [0.1, 0.15) is 11.2 Å². The van der Waals surface area contributed by atoms with E-state index in [1.165, 1.54) is 14.8 Å². The predicted molar refractivity (Wildman–Crippen MR) is 191 cm³/mol. The lowest BCUT2D eigenvalue weighted by molar-refractivity contribution is 0.670. The van der Waals surface area contributed by atoms with Crippen molar-refractivity contribution in [2.75, 3.05) is 0 Å². The zero-order valence-corrected chi connectivity index (χ0v) is 25.3. The van der Waals surface area contributed by atoms with E-state index in [1.807, 2.05) is 12.1 Å². The van der Waals surface area contributed by atoms with E-state index in [0.717, 1.165) is 65.6 Å². The summed E-state index contributed by atoms with van der Waals surface area (Å²) in [5.74, 6) is 1.86. The predicted octanol–water partition coefficient (Wildman–Crippen LogP) is 11.4. The number of hydrogen-bond acceptors (Lipinski definition) is 5. The third-order valence-electron chi connectivity index (χ3n) is 8.92. The maximum Gasteiger partial charge on any atom is 0.168 e. The molecular formula is C41H23N3OS. The van der Waals surface area contributed by atoms with Gasteiger partial charge < -0.3 is 4.42 Å². The Hall–Kier alpha value is -5.91. The van der Waals surface area contributed by atoms with Crippen LogP contribution in [0.25, 0.3) is 97.8 Å². The molecule has 0 unspecified atom stereocenters. The molecular weight excluding hydrogens is 583 g/mol. The molecule has 4 nitrogen and oxygen atoms in total. The lowest BCUT2D eigenvalue weighted by Gasteiger charge is -2.13. The van der Waals surface area contributed by atoms with Gasteiger partial charge in [0.25, 0.3) is 0 Å². The molecule has 3 heterocycles. The van der Waals surface area contributed by atoms with E-state index in [1.54, 1.807) is 11.3 Å². The van der Waals surface area contributed by atoms with Crippen LogP contribution in [0, 0.1) is 0 Å². The molecule has 0 amide bonds. The van der Waals surface area contributed by atoms with Gasteiger partial charge in [-0.2, -0.15) is 0 Å². The van der Waals surface area contributed by atoms with Gasteiger partial charge in [-0.3, -0.25) is 0 Å². The summed E-state index contributed by atoms with van der Waals surface area (Å²) in [6, 6.07) is 48.5. The first kappa shape index (κ1) is 25.4. The van der Waals surface area contributed by atoms with Gasteiger partial charge in [-0.15, -0.1) is 11.3 Å². The van der Waals surface area contributed by atoms with Crippen LogP contribution >= 0.6 is 11.3 Å². The second kappa shape index (κ2) is 9.80. The number of thiophene rings is 1. The Morgan fingerprint density at radius 2 is 1.04 bits per heavy atom. The van der Waals surface area contributed by atoms with Crippen molar-refractivity contribution in [1.29, 1.82) is 0 Å². The number of para-hydroxylation sites is 1. The molecule has 46 heavy (non-hydrogen) atoms. The number of benzene rings is 7. The van der Waals surface area contributed by atoms with Crippen molar-refractivity contribution in [2.24, 2.45) is 0 Å². The maximum atomic E-state index is 6.62. The summed E-state index contributed by atoms with van der Waals surface area (Å²) >= 11 is 1.79. The Morgan fingerprint density at radius 3 is 1.93 bits per heavy atom. The van der Waals surface area contributed by atoms with Gasteiger partial charge in [0, 0.05) is 42.1 Å². The van der Waals surface area contributed by atoms with E-state index in [0.29, 0.717) is 17.5 Å². The SMILES string of the molecule is c1ccc2c(-c3nc(-c4c5ccccc5cc5c4oc4ccccc45)nc(-c4cccc5sc6ccccc6c45)n3)cccc2c1. The largest absolute Gasteiger partial charge is 0.455 e. The Bertz CT molecular complexity index is 2820. The first-order valence-electron chi connectivity index (χ1n) is 15.3. The van der Waals surface area contributed by atoms with Gasteiger partial charge in [0.15, 0.2) is 17.5 Å². The summed E-state index contributed by atoms with van der Waals surface area (Å²) in [7, 11) is 0. The van der Waals surface area contributed by atoms with Crippen LogP contribution in [0.15, 0.2) is 144 Å². The van der Waals surface area contributed by atoms with Crippen LogP contribution in [0.3, 0.4) is 0 Å². The van der Waals surface area contributed by atoms with Gasteiger partial charge in [0.05, 0.1) is 5.56 Å². The van der Waals surface area contributed by atoms with Crippen LogP contribution in [0.1, 0.15) is 0 Å². The molecule has 10 rings (SSSR count). The zero-order valence-electron chi connectivity index (χ0n) is 24.4. The van der Waals surface area contributed by atoms with E-state index < -0.39 is 0 Å². The van der Waals surface area contributed by atoms with Crippen LogP contribution < -0.4 is 0 Å². The minimum atomic E-state index is 0.588. The summed E-state index contributed by atoms with van der Waals surface area (Å²) in [6.07, 6.45) is 0. The molecule has 0 fully saturated rings. The molecule has 214 valence electrons. The molecule has 0 saturated heterocycles. The Kier molecular flexibility index (Phi) is 5.41. The average molecular weight is 606 g/mol. The van der Waals surface area contributed by atoms with Gasteiger partial charge in [-0.1, -0.05) is 115 Å². The normalized spacial score (nSPS) is 11.9. The fourth-order valence-electron chi connectivity index (χ4n) is 6.85. The zero-order chi connectivity index (χ0) is 30.2. The highest BCUT2D eigenvalue weighted by molar-refractivity contribution is 7.25. The average Bonchev–Trinajstić information content (AvgIpc) is 3.68. The molecule has 0 radical (unpaired) electrons. The van der Waals surface area contributed by atoms with E-state index >= 15 is 0 Å². The molecule has 0 bridgehead atoms. The quantitative estimate of drug-likeness (QED) is 0.201. The molecule has 10 aromatic rings. The Balaban J connectivity index is 1.36. The molecule has 7 aromatic carbocycles. The van der Waals surface area contributed by atoms with Crippen molar-refractivity contribution >= 4 is 75.0 Å². The molecule has 0 spiro atoms. The fourth-order valence-corrected chi connectivity index (χ4v) is 7.99. The molecule has 0 N–H and O–H groups in total. The summed E-state index contributed by atoms with van der Waals surface area (Å²) in [5, 5.41) is 8.86. The fraction of sp³-hybridized carbons (Fsp3) is 0. The van der Waals surface area contributed by atoms with Crippen LogP contribution in [-0.4, -0.2) is 15.0 Å². The second-order valence-electron chi connectivity index (χ2n) is 11.6. The summed E-state index contributed by atoms with van der Waals surface area (Å²) < 4.78 is 9.07. The number of fused-ring (bicyclic) bond motifs is 8. The minimum Gasteiger partial charge on any atom is -0.455 e.